The number of nitrogens with zero attached hydrogens (tertiary/aromatic N) is 4. The van der Waals surface area contributed by atoms with E-state index in [9.17, 15) is 4.21 Å². The summed E-state index contributed by atoms with van der Waals surface area (Å²) >= 11 is 0. The molecule has 1 aliphatic rings. The summed E-state index contributed by atoms with van der Waals surface area (Å²) in [5, 5.41) is 8.92. The molecular formula is C22H26N4O2S. The molecule has 0 bridgehead atoms. The second-order valence-electron chi connectivity index (χ2n) is 7.62. The van der Waals surface area contributed by atoms with E-state index in [4.69, 9.17) is 4.74 Å². The van der Waals surface area contributed by atoms with E-state index in [0.29, 0.717) is 17.6 Å². The van der Waals surface area contributed by atoms with E-state index < -0.39 is 10.8 Å². The number of rotatable bonds is 6. The zero-order chi connectivity index (χ0) is 20.2. The van der Waals surface area contributed by atoms with E-state index in [0.717, 1.165) is 43.0 Å². The quantitative estimate of drug-likeness (QED) is 0.615. The molecule has 0 aliphatic heterocycles. The normalized spacial score (nSPS) is 20.3. The minimum absolute atomic E-state index is 0.180. The van der Waals surface area contributed by atoms with Crippen LogP contribution in [0, 0.1) is 6.92 Å². The lowest BCUT2D eigenvalue weighted by atomic mass is 9.86. The summed E-state index contributed by atoms with van der Waals surface area (Å²) in [6.07, 6.45) is 7.51. The highest BCUT2D eigenvalue weighted by Crippen LogP contribution is 2.35. The summed E-state index contributed by atoms with van der Waals surface area (Å²) in [5.74, 6) is 3.12. The molecule has 0 unspecified atom stereocenters. The molecule has 1 aliphatic carbocycles. The van der Waals surface area contributed by atoms with Gasteiger partial charge in [-0.05, 0) is 50.8 Å². The second-order valence-corrected chi connectivity index (χ2v) is 9.06. The van der Waals surface area contributed by atoms with Crippen LogP contribution in [0.3, 0.4) is 0 Å². The van der Waals surface area contributed by atoms with E-state index in [2.05, 4.69) is 50.9 Å². The maximum atomic E-state index is 11.9. The van der Waals surface area contributed by atoms with E-state index in [1.165, 1.54) is 5.56 Å². The van der Waals surface area contributed by atoms with Gasteiger partial charge in [-0.1, -0.05) is 23.8 Å². The molecule has 2 heterocycles. The van der Waals surface area contributed by atoms with Crippen molar-refractivity contribution in [2.24, 2.45) is 0 Å². The molecule has 0 spiro atoms. The smallest absolute Gasteiger partial charge is 0.213 e. The minimum atomic E-state index is -0.975. The van der Waals surface area contributed by atoms with Crippen LogP contribution in [0.2, 0.25) is 0 Å². The van der Waals surface area contributed by atoms with Crippen LogP contribution in [0.15, 0.2) is 48.7 Å². The molecule has 0 N–H and O–H groups in total. The van der Waals surface area contributed by atoms with Crippen LogP contribution in [0.4, 0.5) is 0 Å². The molecule has 1 atom stereocenters. The fraction of sp³-hybridized carbons (Fsp3) is 0.409. The number of pyridine rings is 1. The predicted molar refractivity (Wildman–Crippen MR) is 114 cm³/mol. The Hall–Kier alpha value is -2.54. The molecule has 1 aromatic carbocycles. The van der Waals surface area contributed by atoms with E-state index in [1.54, 1.807) is 12.5 Å². The van der Waals surface area contributed by atoms with E-state index in [-0.39, 0.29) is 6.10 Å². The summed E-state index contributed by atoms with van der Waals surface area (Å²) in [6, 6.07) is 14.1. The van der Waals surface area contributed by atoms with Gasteiger partial charge >= 0.3 is 0 Å². The van der Waals surface area contributed by atoms with Crippen molar-refractivity contribution in [3.63, 3.8) is 0 Å². The number of hydrogen-bond donors (Lipinski definition) is 0. The summed E-state index contributed by atoms with van der Waals surface area (Å²) in [6.45, 7) is 2.07. The molecule has 1 saturated carbocycles. The van der Waals surface area contributed by atoms with Gasteiger partial charge in [-0.2, -0.15) is 0 Å². The number of benzene rings is 1. The Bertz CT molecular complexity index is 964. The van der Waals surface area contributed by atoms with Gasteiger partial charge in [0.05, 0.1) is 5.75 Å². The fourth-order valence-electron chi connectivity index (χ4n) is 3.87. The minimum Gasteiger partial charge on any atom is -0.474 e. The molecule has 4 rings (SSSR count). The third kappa shape index (κ3) is 4.72. The second kappa shape index (κ2) is 8.86. The van der Waals surface area contributed by atoms with Crippen LogP contribution in [0.25, 0.3) is 5.69 Å². The monoisotopic (exact) mass is 410 g/mol. The Morgan fingerprint density at radius 3 is 2.48 bits per heavy atom. The average Bonchev–Trinajstić information content (AvgIpc) is 3.13. The first kappa shape index (κ1) is 19.8. The molecule has 0 saturated heterocycles. The van der Waals surface area contributed by atoms with Crippen molar-refractivity contribution in [2.75, 3.05) is 6.26 Å². The fourth-order valence-corrected chi connectivity index (χ4v) is 4.42. The molecule has 7 heteroatoms. The first-order valence-corrected chi connectivity index (χ1v) is 11.7. The molecule has 6 nitrogen and oxygen atoms in total. The molecule has 29 heavy (non-hydrogen) atoms. The molecular weight excluding hydrogens is 384 g/mol. The van der Waals surface area contributed by atoms with Crippen molar-refractivity contribution in [3.8, 4) is 11.6 Å². The first-order valence-electron chi connectivity index (χ1n) is 9.99. The predicted octanol–water partition coefficient (Wildman–Crippen LogP) is 3.95. The van der Waals surface area contributed by atoms with Gasteiger partial charge < -0.3 is 4.74 Å². The van der Waals surface area contributed by atoms with Gasteiger partial charge in [0.25, 0.3) is 0 Å². The van der Waals surface area contributed by atoms with Crippen molar-refractivity contribution in [2.45, 2.75) is 50.4 Å². The van der Waals surface area contributed by atoms with Gasteiger partial charge in [-0.15, -0.1) is 10.2 Å². The standard InChI is InChI=1S/C22H26N4O2S/c1-16-6-10-18(11-7-16)26-20(15-29(2)27)24-25-22(26)17-8-12-19(13-9-17)28-21-5-3-4-14-23-21/h3-7,10-11,14,17,19H,8-9,12-13,15H2,1-2H3/t17?,19?,29-/m0/s1. The van der Waals surface area contributed by atoms with Crippen LogP contribution in [-0.4, -0.2) is 36.3 Å². The van der Waals surface area contributed by atoms with Crippen molar-refractivity contribution < 1.29 is 8.95 Å². The summed E-state index contributed by atoms with van der Waals surface area (Å²) in [5.41, 5.74) is 2.24. The lowest BCUT2D eigenvalue weighted by Gasteiger charge is -2.28. The van der Waals surface area contributed by atoms with E-state index >= 15 is 0 Å². The number of aryl methyl sites for hydroxylation is 1. The van der Waals surface area contributed by atoms with Gasteiger partial charge in [0.1, 0.15) is 17.8 Å². The van der Waals surface area contributed by atoms with Crippen LogP contribution in [0.1, 0.15) is 48.8 Å². The Morgan fingerprint density at radius 1 is 1.07 bits per heavy atom. The molecule has 0 radical (unpaired) electrons. The van der Waals surface area contributed by atoms with Crippen LogP contribution < -0.4 is 4.74 Å². The third-order valence-electron chi connectivity index (χ3n) is 5.34. The average molecular weight is 411 g/mol. The first-order chi connectivity index (χ1) is 14.1. The molecule has 0 amide bonds. The van der Waals surface area contributed by atoms with Gasteiger partial charge in [0, 0.05) is 40.9 Å². The SMILES string of the molecule is Cc1ccc(-n2c(C[S@](C)=O)nnc2C2CCC(Oc3ccccn3)CC2)cc1. The molecule has 152 valence electrons. The largest absolute Gasteiger partial charge is 0.474 e. The summed E-state index contributed by atoms with van der Waals surface area (Å²) in [7, 11) is -0.975. The maximum Gasteiger partial charge on any atom is 0.213 e. The third-order valence-corrected chi connectivity index (χ3v) is 6.01. The lowest BCUT2D eigenvalue weighted by Crippen LogP contribution is -2.25. The zero-order valence-electron chi connectivity index (χ0n) is 16.8. The highest BCUT2D eigenvalue weighted by Gasteiger charge is 2.29. The summed E-state index contributed by atoms with van der Waals surface area (Å²) < 4.78 is 20.0. The Morgan fingerprint density at radius 2 is 1.83 bits per heavy atom. The highest BCUT2D eigenvalue weighted by atomic mass is 32.2. The van der Waals surface area contributed by atoms with Crippen molar-refractivity contribution in [1.29, 1.82) is 0 Å². The van der Waals surface area contributed by atoms with Crippen molar-refractivity contribution >= 4 is 10.8 Å². The van der Waals surface area contributed by atoms with Gasteiger partial charge in [-0.3, -0.25) is 8.78 Å². The van der Waals surface area contributed by atoms with Crippen LogP contribution in [0.5, 0.6) is 5.88 Å². The number of aromatic nitrogens is 4. The Kier molecular flexibility index (Phi) is 6.04. The molecule has 3 aromatic rings. The zero-order valence-corrected chi connectivity index (χ0v) is 17.6. The maximum absolute atomic E-state index is 11.9. The molecule has 1 fully saturated rings. The van der Waals surface area contributed by atoms with E-state index in [1.807, 2.05) is 18.2 Å². The van der Waals surface area contributed by atoms with Gasteiger partial charge in [0.15, 0.2) is 0 Å². The Balaban J connectivity index is 1.53. The lowest BCUT2D eigenvalue weighted by molar-refractivity contribution is 0.139. The van der Waals surface area contributed by atoms with Gasteiger partial charge in [-0.25, -0.2) is 4.98 Å². The van der Waals surface area contributed by atoms with Gasteiger partial charge in [0.2, 0.25) is 5.88 Å². The summed E-state index contributed by atoms with van der Waals surface area (Å²) in [4.78, 5) is 4.26. The Labute approximate surface area is 173 Å². The molecule has 2 aromatic heterocycles. The van der Waals surface area contributed by atoms with Crippen LogP contribution in [-0.2, 0) is 16.6 Å². The number of ether oxygens (including phenoxy) is 1. The highest BCUT2D eigenvalue weighted by molar-refractivity contribution is 7.83. The van der Waals surface area contributed by atoms with Crippen LogP contribution >= 0.6 is 0 Å². The topological polar surface area (TPSA) is 69.9 Å². The van der Waals surface area contributed by atoms with Crippen molar-refractivity contribution in [1.82, 2.24) is 19.7 Å². The number of hydrogen-bond acceptors (Lipinski definition) is 5. The van der Waals surface area contributed by atoms with Crippen molar-refractivity contribution in [3.05, 3.63) is 65.9 Å².